The molecule has 1 aromatic carbocycles. The Hall–Kier alpha value is -2.11. The number of benzene rings is 1. The molecule has 3 atom stereocenters. The average Bonchev–Trinajstić information content (AvgIpc) is 3.22. The topological polar surface area (TPSA) is 49.3 Å². The zero-order valence-electron chi connectivity index (χ0n) is 13.3. The number of carbonyl (C=O) groups is 1. The first-order valence-corrected chi connectivity index (χ1v) is 8.25. The van der Waals surface area contributed by atoms with Crippen LogP contribution in [-0.4, -0.2) is 34.0 Å². The van der Waals surface area contributed by atoms with Crippen LogP contribution in [0, 0.1) is 0 Å². The Bertz CT molecular complexity index is 696. The first-order valence-electron chi connectivity index (χ1n) is 8.25. The second kappa shape index (κ2) is 5.83. The highest BCUT2D eigenvalue weighted by Gasteiger charge is 2.37. The minimum atomic E-state index is -0.141. The van der Waals surface area contributed by atoms with E-state index in [1.807, 2.05) is 23.1 Å². The average molecular weight is 310 g/mol. The first kappa shape index (κ1) is 14.5. The smallest absolute Gasteiger partial charge is 0.242 e. The molecule has 2 aliphatic rings. The van der Waals surface area contributed by atoms with Crippen molar-refractivity contribution >= 4 is 5.91 Å². The van der Waals surface area contributed by atoms with Crippen LogP contribution in [0.25, 0.3) is 0 Å². The number of fused-ring (bicyclic) bond motifs is 1. The monoisotopic (exact) mass is 310 g/mol. The number of amides is 1. The van der Waals surface area contributed by atoms with Gasteiger partial charge in [0.15, 0.2) is 0 Å². The lowest BCUT2D eigenvalue weighted by molar-refractivity contribution is -0.136. The maximum atomic E-state index is 13.1. The Labute approximate surface area is 136 Å². The summed E-state index contributed by atoms with van der Waals surface area (Å²) in [5.74, 6) is 0.183. The van der Waals surface area contributed by atoms with Crippen molar-refractivity contribution in [1.29, 1.82) is 0 Å². The van der Waals surface area contributed by atoms with Gasteiger partial charge in [0.1, 0.15) is 6.04 Å². The van der Waals surface area contributed by atoms with Crippen molar-refractivity contribution < 1.29 is 4.79 Å². The Morgan fingerprint density at radius 3 is 2.65 bits per heavy atom. The highest BCUT2D eigenvalue weighted by Crippen LogP contribution is 2.33. The molecule has 0 saturated carbocycles. The van der Waals surface area contributed by atoms with Gasteiger partial charge >= 0.3 is 0 Å². The third-order valence-electron chi connectivity index (χ3n) is 4.83. The number of nitrogens with one attached hydrogen (secondary N) is 2. The van der Waals surface area contributed by atoms with Crippen LogP contribution in [0.2, 0.25) is 0 Å². The van der Waals surface area contributed by atoms with E-state index in [1.165, 1.54) is 11.3 Å². The minimum absolute atomic E-state index is 0.00911. The summed E-state index contributed by atoms with van der Waals surface area (Å²) < 4.78 is 2.25. The number of hydrogen-bond donors (Lipinski definition) is 2. The molecule has 0 radical (unpaired) electrons. The standard InChI is InChI=1S/C18H22N4O/c1-13-12-15(20-19-13)18(23)22-11-10-21-9-5-8-16(21)17(22)14-6-3-2-4-7-14/h2-9,13,15,17,19-20H,10-12H2,1H3. The van der Waals surface area contributed by atoms with Gasteiger partial charge in [0.25, 0.3) is 0 Å². The molecule has 5 nitrogen and oxygen atoms in total. The number of nitrogens with zero attached hydrogens (tertiary/aromatic N) is 2. The van der Waals surface area contributed by atoms with Crippen LogP contribution in [0.4, 0.5) is 0 Å². The third-order valence-corrected chi connectivity index (χ3v) is 4.83. The van der Waals surface area contributed by atoms with Gasteiger partial charge in [-0.05, 0) is 31.0 Å². The van der Waals surface area contributed by atoms with Gasteiger partial charge in [-0.2, -0.15) is 0 Å². The van der Waals surface area contributed by atoms with Crippen LogP contribution in [0.5, 0.6) is 0 Å². The zero-order chi connectivity index (χ0) is 15.8. The number of carbonyl (C=O) groups excluding carboxylic acids is 1. The van der Waals surface area contributed by atoms with Gasteiger partial charge in [-0.3, -0.25) is 10.2 Å². The molecule has 4 rings (SSSR count). The van der Waals surface area contributed by atoms with Gasteiger partial charge in [-0.25, -0.2) is 5.43 Å². The SMILES string of the molecule is CC1CC(C(=O)N2CCn3cccc3C2c2ccccc2)NN1. The number of aromatic nitrogens is 1. The van der Waals surface area contributed by atoms with Crippen LogP contribution < -0.4 is 10.9 Å². The fourth-order valence-corrected chi connectivity index (χ4v) is 3.68. The van der Waals surface area contributed by atoms with Gasteiger partial charge in [0.05, 0.1) is 6.04 Å². The molecular weight excluding hydrogens is 288 g/mol. The molecule has 1 amide bonds. The zero-order valence-corrected chi connectivity index (χ0v) is 13.3. The Morgan fingerprint density at radius 2 is 1.91 bits per heavy atom. The van der Waals surface area contributed by atoms with E-state index >= 15 is 0 Å². The Morgan fingerprint density at radius 1 is 1.09 bits per heavy atom. The molecule has 2 N–H and O–H groups in total. The van der Waals surface area contributed by atoms with Crippen LogP contribution >= 0.6 is 0 Å². The Kier molecular flexibility index (Phi) is 3.67. The predicted molar refractivity (Wildman–Crippen MR) is 88.6 cm³/mol. The molecule has 5 heteroatoms. The first-order chi connectivity index (χ1) is 11.2. The molecule has 120 valence electrons. The van der Waals surface area contributed by atoms with Crippen molar-refractivity contribution in [3.05, 3.63) is 59.9 Å². The third kappa shape index (κ3) is 2.56. The molecule has 1 saturated heterocycles. The lowest BCUT2D eigenvalue weighted by atomic mass is 9.98. The van der Waals surface area contributed by atoms with E-state index in [9.17, 15) is 4.79 Å². The maximum Gasteiger partial charge on any atom is 0.242 e. The van der Waals surface area contributed by atoms with Gasteiger partial charge in [0.2, 0.25) is 5.91 Å². The number of hydrazine groups is 1. The summed E-state index contributed by atoms with van der Waals surface area (Å²) in [4.78, 5) is 15.1. The molecule has 3 heterocycles. The molecule has 3 unspecified atom stereocenters. The largest absolute Gasteiger partial charge is 0.348 e. The van der Waals surface area contributed by atoms with E-state index < -0.39 is 0 Å². The van der Waals surface area contributed by atoms with Gasteiger partial charge < -0.3 is 9.47 Å². The van der Waals surface area contributed by atoms with Crippen LogP contribution in [0.15, 0.2) is 48.7 Å². The van der Waals surface area contributed by atoms with Crippen molar-refractivity contribution in [3.63, 3.8) is 0 Å². The number of hydrogen-bond acceptors (Lipinski definition) is 3. The molecule has 2 aliphatic heterocycles. The summed E-state index contributed by atoms with van der Waals surface area (Å²) in [5.41, 5.74) is 8.66. The van der Waals surface area contributed by atoms with Gasteiger partial charge in [-0.1, -0.05) is 30.3 Å². The van der Waals surface area contributed by atoms with Crippen molar-refractivity contribution in [2.75, 3.05) is 6.54 Å². The minimum Gasteiger partial charge on any atom is -0.348 e. The van der Waals surface area contributed by atoms with Gasteiger partial charge in [-0.15, -0.1) is 0 Å². The molecule has 0 aliphatic carbocycles. The molecule has 0 bridgehead atoms. The van der Waals surface area contributed by atoms with E-state index in [0.29, 0.717) is 6.04 Å². The highest BCUT2D eigenvalue weighted by molar-refractivity contribution is 5.83. The highest BCUT2D eigenvalue weighted by atomic mass is 16.2. The quantitative estimate of drug-likeness (QED) is 0.887. The van der Waals surface area contributed by atoms with Crippen molar-refractivity contribution in [1.82, 2.24) is 20.3 Å². The maximum absolute atomic E-state index is 13.1. The summed E-state index contributed by atoms with van der Waals surface area (Å²) in [5, 5.41) is 0. The molecule has 1 fully saturated rings. The predicted octanol–water partition coefficient (Wildman–Crippen LogP) is 1.67. The number of rotatable bonds is 2. The molecule has 0 spiro atoms. The second-order valence-corrected chi connectivity index (χ2v) is 6.45. The second-order valence-electron chi connectivity index (χ2n) is 6.45. The van der Waals surface area contributed by atoms with E-state index in [-0.39, 0.29) is 18.0 Å². The lowest BCUT2D eigenvalue weighted by Crippen LogP contribution is -2.50. The van der Waals surface area contributed by atoms with Crippen molar-refractivity contribution in [2.24, 2.45) is 0 Å². The fourth-order valence-electron chi connectivity index (χ4n) is 3.68. The van der Waals surface area contributed by atoms with E-state index in [4.69, 9.17) is 0 Å². The van der Waals surface area contributed by atoms with E-state index in [2.05, 4.69) is 52.8 Å². The van der Waals surface area contributed by atoms with Crippen molar-refractivity contribution in [3.8, 4) is 0 Å². The summed E-state index contributed by atoms with van der Waals surface area (Å²) in [7, 11) is 0. The van der Waals surface area contributed by atoms with Crippen LogP contribution in [0.3, 0.4) is 0 Å². The molecule has 2 aromatic rings. The Balaban J connectivity index is 1.69. The fraction of sp³-hybridized carbons (Fsp3) is 0.389. The van der Waals surface area contributed by atoms with E-state index in [1.54, 1.807) is 0 Å². The van der Waals surface area contributed by atoms with E-state index in [0.717, 1.165) is 19.5 Å². The van der Waals surface area contributed by atoms with Crippen LogP contribution in [-0.2, 0) is 11.3 Å². The molecular formula is C18H22N4O. The summed E-state index contributed by atoms with van der Waals surface area (Å²) >= 11 is 0. The molecule has 23 heavy (non-hydrogen) atoms. The lowest BCUT2D eigenvalue weighted by Gasteiger charge is -2.38. The summed E-state index contributed by atoms with van der Waals surface area (Å²) in [6, 6.07) is 14.7. The van der Waals surface area contributed by atoms with Crippen LogP contribution in [0.1, 0.15) is 30.6 Å². The summed E-state index contributed by atoms with van der Waals surface area (Å²) in [6.07, 6.45) is 2.93. The van der Waals surface area contributed by atoms with Crippen molar-refractivity contribution in [2.45, 2.75) is 38.0 Å². The van der Waals surface area contributed by atoms with Gasteiger partial charge in [0, 0.05) is 31.0 Å². The molecule has 1 aromatic heterocycles. The summed E-state index contributed by atoms with van der Waals surface area (Å²) in [6.45, 7) is 3.69. The normalized spacial score (nSPS) is 27.0.